The largest absolute Gasteiger partial charge is 0.494 e. The van der Waals surface area contributed by atoms with Crippen LogP contribution in [0.25, 0.3) is 10.8 Å². The Morgan fingerprint density at radius 2 is 1.55 bits per heavy atom. The normalized spacial score (nSPS) is 10.4. The van der Waals surface area contributed by atoms with Crippen molar-refractivity contribution in [3.63, 3.8) is 0 Å². The molecule has 0 fully saturated rings. The second kappa shape index (κ2) is 10.1. The van der Waals surface area contributed by atoms with Gasteiger partial charge >= 0.3 is 0 Å². The van der Waals surface area contributed by atoms with Gasteiger partial charge in [0, 0.05) is 5.56 Å². The van der Waals surface area contributed by atoms with Crippen LogP contribution in [0.4, 0.5) is 0 Å². The van der Waals surface area contributed by atoms with Crippen LogP contribution in [0.5, 0.6) is 11.5 Å². The van der Waals surface area contributed by atoms with E-state index in [4.69, 9.17) is 9.47 Å². The second-order valence-corrected chi connectivity index (χ2v) is 6.53. The Hall–Kier alpha value is -3.54. The zero-order valence-corrected chi connectivity index (χ0v) is 16.3. The van der Waals surface area contributed by atoms with Gasteiger partial charge in [-0.1, -0.05) is 43.7 Å². The highest BCUT2D eigenvalue weighted by atomic mass is 16.5. The first-order valence-corrected chi connectivity index (χ1v) is 9.59. The summed E-state index contributed by atoms with van der Waals surface area (Å²) in [5.74, 6) is 0.432. The molecule has 0 aromatic heterocycles. The van der Waals surface area contributed by atoms with Crippen molar-refractivity contribution in [2.45, 2.75) is 19.8 Å². The summed E-state index contributed by atoms with van der Waals surface area (Å²) >= 11 is 0. The summed E-state index contributed by atoms with van der Waals surface area (Å²) in [5.41, 5.74) is 5.15. The Kier molecular flexibility index (Phi) is 7.05. The SMILES string of the molecule is CCCCOc1ccc(C(=O)NNC(=O)COc2ccc3ccccc3c2)cc1. The molecule has 0 bridgehead atoms. The van der Waals surface area contributed by atoms with Crippen LogP contribution in [0, 0.1) is 0 Å². The first kappa shape index (κ1) is 20.2. The maximum atomic E-state index is 12.1. The van der Waals surface area contributed by atoms with Crippen molar-refractivity contribution < 1.29 is 19.1 Å². The van der Waals surface area contributed by atoms with Crippen molar-refractivity contribution in [1.82, 2.24) is 10.9 Å². The predicted octanol–water partition coefficient (Wildman–Crippen LogP) is 3.86. The molecule has 0 aliphatic rings. The third kappa shape index (κ3) is 5.97. The lowest BCUT2D eigenvalue weighted by molar-refractivity contribution is -0.123. The molecule has 2 N–H and O–H groups in total. The van der Waals surface area contributed by atoms with Gasteiger partial charge in [-0.15, -0.1) is 0 Å². The molecule has 0 atom stereocenters. The minimum atomic E-state index is -0.453. The number of fused-ring (bicyclic) bond motifs is 1. The first-order valence-electron chi connectivity index (χ1n) is 9.59. The Labute approximate surface area is 169 Å². The van der Waals surface area contributed by atoms with E-state index in [9.17, 15) is 9.59 Å². The zero-order chi connectivity index (χ0) is 20.5. The van der Waals surface area contributed by atoms with Crippen LogP contribution in [-0.4, -0.2) is 25.0 Å². The van der Waals surface area contributed by atoms with Crippen molar-refractivity contribution in [3.05, 3.63) is 72.3 Å². The lowest BCUT2D eigenvalue weighted by atomic mass is 10.1. The average Bonchev–Trinajstić information content (AvgIpc) is 2.76. The monoisotopic (exact) mass is 392 g/mol. The Morgan fingerprint density at radius 3 is 2.31 bits per heavy atom. The van der Waals surface area contributed by atoms with E-state index in [0.29, 0.717) is 23.7 Å². The molecule has 29 heavy (non-hydrogen) atoms. The molecule has 6 nitrogen and oxygen atoms in total. The van der Waals surface area contributed by atoms with E-state index in [2.05, 4.69) is 17.8 Å². The minimum absolute atomic E-state index is 0.206. The van der Waals surface area contributed by atoms with Crippen molar-refractivity contribution in [2.75, 3.05) is 13.2 Å². The number of hydrazine groups is 1. The maximum absolute atomic E-state index is 12.1. The number of rotatable bonds is 8. The van der Waals surface area contributed by atoms with Gasteiger partial charge in [-0.05, 0) is 53.6 Å². The van der Waals surface area contributed by atoms with Crippen molar-refractivity contribution in [3.8, 4) is 11.5 Å². The molecule has 0 aliphatic carbocycles. The number of hydrogen-bond donors (Lipinski definition) is 2. The molecule has 0 unspecified atom stereocenters. The topological polar surface area (TPSA) is 76.7 Å². The quantitative estimate of drug-likeness (QED) is 0.451. The maximum Gasteiger partial charge on any atom is 0.276 e. The average molecular weight is 392 g/mol. The second-order valence-electron chi connectivity index (χ2n) is 6.53. The lowest BCUT2D eigenvalue weighted by Gasteiger charge is -2.10. The molecule has 0 spiro atoms. The fourth-order valence-corrected chi connectivity index (χ4v) is 2.68. The summed E-state index contributed by atoms with van der Waals surface area (Å²) in [6.45, 7) is 2.54. The van der Waals surface area contributed by atoms with E-state index in [-0.39, 0.29) is 6.61 Å². The van der Waals surface area contributed by atoms with Crippen molar-refractivity contribution >= 4 is 22.6 Å². The van der Waals surface area contributed by atoms with Gasteiger partial charge in [0.05, 0.1) is 6.61 Å². The molecule has 0 saturated carbocycles. The molecule has 6 heteroatoms. The standard InChI is InChI=1S/C23H24N2O4/c1-2-3-14-28-20-11-9-18(10-12-20)23(27)25-24-22(26)16-29-21-13-8-17-6-4-5-7-19(17)15-21/h4-13,15H,2-3,14,16H2,1H3,(H,24,26)(H,25,27). The summed E-state index contributed by atoms with van der Waals surface area (Å²) in [5, 5.41) is 2.12. The molecule has 3 aromatic rings. The van der Waals surface area contributed by atoms with E-state index in [1.54, 1.807) is 30.3 Å². The number of benzene rings is 3. The number of unbranched alkanes of at least 4 members (excludes halogenated alkanes) is 1. The number of carbonyl (C=O) groups excluding carboxylic acids is 2. The van der Waals surface area contributed by atoms with Gasteiger partial charge in [0.1, 0.15) is 11.5 Å². The highest BCUT2D eigenvalue weighted by Gasteiger charge is 2.08. The van der Waals surface area contributed by atoms with E-state index in [1.165, 1.54) is 0 Å². The van der Waals surface area contributed by atoms with Crippen molar-refractivity contribution in [2.24, 2.45) is 0 Å². The van der Waals surface area contributed by atoms with Crippen LogP contribution >= 0.6 is 0 Å². The van der Waals surface area contributed by atoms with Crippen LogP contribution in [-0.2, 0) is 4.79 Å². The number of amides is 2. The van der Waals surface area contributed by atoms with Crippen LogP contribution in [0.2, 0.25) is 0 Å². The number of nitrogens with one attached hydrogen (secondary N) is 2. The number of carbonyl (C=O) groups is 2. The van der Waals surface area contributed by atoms with Gasteiger partial charge in [-0.25, -0.2) is 0 Å². The van der Waals surface area contributed by atoms with E-state index in [1.807, 2.05) is 36.4 Å². The minimum Gasteiger partial charge on any atom is -0.494 e. The Balaban J connectivity index is 1.44. The van der Waals surface area contributed by atoms with Gasteiger partial charge in [0.25, 0.3) is 11.8 Å². The smallest absolute Gasteiger partial charge is 0.276 e. The molecule has 0 radical (unpaired) electrons. The van der Waals surface area contributed by atoms with Gasteiger partial charge < -0.3 is 9.47 Å². The molecular formula is C23H24N2O4. The number of hydrogen-bond acceptors (Lipinski definition) is 4. The van der Waals surface area contributed by atoms with Crippen LogP contribution in [0.3, 0.4) is 0 Å². The highest BCUT2D eigenvalue weighted by molar-refractivity contribution is 5.95. The van der Waals surface area contributed by atoms with E-state index in [0.717, 1.165) is 23.6 Å². The molecule has 0 aliphatic heterocycles. The van der Waals surface area contributed by atoms with Gasteiger partial charge in [-0.2, -0.15) is 0 Å². The summed E-state index contributed by atoms with van der Waals surface area (Å²) < 4.78 is 11.1. The van der Waals surface area contributed by atoms with Crippen LogP contribution in [0.15, 0.2) is 66.7 Å². The van der Waals surface area contributed by atoms with Gasteiger partial charge in [0.2, 0.25) is 0 Å². The number of ether oxygens (including phenoxy) is 2. The molecule has 0 heterocycles. The molecule has 3 rings (SSSR count). The summed E-state index contributed by atoms with van der Waals surface area (Å²) in [6.07, 6.45) is 2.04. The molecular weight excluding hydrogens is 368 g/mol. The van der Waals surface area contributed by atoms with Crippen LogP contribution < -0.4 is 20.3 Å². The Morgan fingerprint density at radius 1 is 0.828 bits per heavy atom. The fraction of sp³-hybridized carbons (Fsp3) is 0.217. The summed E-state index contributed by atoms with van der Waals surface area (Å²) in [6, 6.07) is 20.2. The van der Waals surface area contributed by atoms with Gasteiger partial charge in [0.15, 0.2) is 6.61 Å². The van der Waals surface area contributed by atoms with Crippen LogP contribution in [0.1, 0.15) is 30.1 Å². The van der Waals surface area contributed by atoms with Gasteiger partial charge in [-0.3, -0.25) is 20.4 Å². The third-order valence-corrected chi connectivity index (χ3v) is 4.29. The summed E-state index contributed by atoms with van der Waals surface area (Å²) in [7, 11) is 0. The zero-order valence-electron chi connectivity index (χ0n) is 16.3. The van der Waals surface area contributed by atoms with E-state index < -0.39 is 11.8 Å². The van der Waals surface area contributed by atoms with E-state index >= 15 is 0 Å². The Bertz CT molecular complexity index is 970. The molecule has 150 valence electrons. The van der Waals surface area contributed by atoms with Crippen molar-refractivity contribution in [1.29, 1.82) is 0 Å². The lowest BCUT2D eigenvalue weighted by Crippen LogP contribution is -2.43. The molecule has 2 amide bonds. The molecule has 3 aromatic carbocycles. The molecule has 0 saturated heterocycles. The predicted molar refractivity (Wildman–Crippen MR) is 112 cm³/mol. The highest BCUT2D eigenvalue weighted by Crippen LogP contribution is 2.20. The summed E-state index contributed by atoms with van der Waals surface area (Å²) in [4.78, 5) is 24.1. The first-order chi connectivity index (χ1) is 14.2. The third-order valence-electron chi connectivity index (χ3n) is 4.29. The fourth-order valence-electron chi connectivity index (χ4n) is 2.68.